The molecule has 24 heavy (non-hydrogen) atoms. The van der Waals surface area contributed by atoms with Crippen LogP contribution in [0, 0.1) is 6.92 Å². The van der Waals surface area contributed by atoms with Crippen LogP contribution in [0.4, 0.5) is 5.82 Å². The van der Waals surface area contributed by atoms with Crippen LogP contribution in [0.5, 0.6) is 5.75 Å². The van der Waals surface area contributed by atoms with Gasteiger partial charge in [0, 0.05) is 18.3 Å². The van der Waals surface area contributed by atoms with Crippen molar-refractivity contribution in [1.82, 2.24) is 25.2 Å². The SMILES string of the molecule is Cc1cccc(NC(=O)c2cccc(OCc3nnnn3C)c2)n1. The molecule has 0 aliphatic carbocycles. The van der Waals surface area contributed by atoms with Gasteiger partial charge in [-0.05, 0) is 47.7 Å². The molecular formula is C16H16N6O2. The Balaban J connectivity index is 1.68. The molecular weight excluding hydrogens is 308 g/mol. The molecule has 0 aliphatic rings. The number of nitrogens with zero attached hydrogens (tertiary/aromatic N) is 5. The number of amides is 1. The summed E-state index contributed by atoms with van der Waals surface area (Å²) in [6, 6.07) is 12.3. The number of hydrogen-bond acceptors (Lipinski definition) is 6. The quantitative estimate of drug-likeness (QED) is 0.768. The van der Waals surface area contributed by atoms with Crippen molar-refractivity contribution in [2.75, 3.05) is 5.32 Å². The molecule has 1 aromatic carbocycles. The highest BCUT2D eigenvalue weighted by Crippen LogP contribution is 2.16. The molecule has 8 nitrogen and oxygen atoms in total. The predicted molar refractivity (Wildman–Crippen MR) is 86.5 cm³/mol. The molecule has 0 fully saturated rings. The van der Waals surface area contributed by atoms with Crippen molar-refractivity contribution in [3.05, 3.63) is 59.5 Å². The summed E-state index contributed by atoms with van der Waals surface area (Å²) in [5, 5.41) is 13.9. The lowest BCUT2D eigenvalue weighted by Gasteiger charge is -2.08. The Kier molecular flexibility index (Phi) is 4.46. The van der Waals surface area contributed by atoms with E-state index >= 15 is 0 Å². The highest BCUT2D eigenvalue weighted by Gasteiger charge is 2.09. The summed E-state index contributed by atoms with van der Waals surface area (Å²) in [5.74, 6) is 1.41. The van der Waals surface area contributed by atoms with E-state index in [0.717, 1.165) is 5.69 Å². The van der Waals surface area contributed by atoms with E-state index in [1.807, 2.05) is 19.1 Å². The van der Waals surface area contributed by atoms with Crippen molar-refractivity contribution < 1.29 is 9.53 Å². The van der Waals surface area contributed by atoms with E-state index in [1.54, 1.807) is 37.4 Å². The second-order valence-electron chi connectivity index (χ2n) is 5.15. The van der Waals surface area contributed by atoms with E-state index in [2.05, 4.69) is 25.8 Å². The first-order chi connectivity index (χ1) is 11.6. The third-order valence-electron chi connectivity index (χ3n) is 3.30. The number of carbonyl (C=O) groups is 1. The lowest BCUT2D eigenvalue weighted by molar-refractivity contribution is 0.102. The van der Waals surface area contributed by atoms with Gasteiger partial charge in [-0.3, -0.25) is 4.79 Å². The van der Waals surface area contributed by atoms with E-state index in [4.69, 9.17) is 4.74 Å². The lowest BCUT2D eigenvalue weighted by Crippen LogP contribution is -2.13. The standard InChI is InChI=1S/C16H16N6O2/c1-11-5-3-8-14(17-11)18-16(23)12-6-4-7-13(9-12)24-10-15-19-20-21-22(15)2/h3-9H,10H2,1-2H3,(H,17,18,23). The van der Waals surface area contributed by atoms with Gasteiger partial charge in [0.1, 0.15) is 18.2 Å². The summed E-state index contributed by atoms with van der Waals surface area (Å²) in [6.45, 7) is 2.08. The molecule has 0 aliphatic heterocycles. The minimum Gasteiger partial charge on any atom is -0.486 e. The minimum absolute atomic E-state index is 0.216. The third-order valence-corrected chi connectivity index (χ3v) is 3.30. The molecule has 3 rings (SSSR count). The summed E-state index contributed by atoms with van der Waals surface area (Å²) in [6.07, 6.45) is 0. The Morgan fingerprint density at radius 2 is 2.08 bits per heavy atom. The number of aryl methyl sites for hydroxylation is 2. The van der Waals surface area contributed by atoms with Gasteiger partial charge in [0.25, 0.3) is 5.91 Å². The first-order valence-corrected chi connectivity index (χ1v) is 7.31. The number of anilines is 1. The van der Waals surface area contributed by atoms with Gasteiger partial charge < -0.3 is 10.1 Å². The van der Waals surface area contributed by atoms with E-state index < -0.39 is 0 Å². The number of rotatable bonds is 5. The smallest absolute Gasteiger partial charge is 0.256 e. The van der Waals surface area contributed by atoms with Crippen LogP contribution < -0.4 is 10.1 Å². The summed E-state index contributed by atoms with van der Waals surface area (Å²) >= 11 is 0. The fraction of sp³-hybridized carbons (Fsp3) is 0.188. The largest absolute Gasteiger partial charge is 0.486 e. The second kappa shape index (κ2) is 6.86. The summed E-state index contributed by atoms with van der Waals surface area (Å²) in [5.41, 5.74) is 1.31. The van der Waals surface area contributed by atoms with Crippen LogP contribution in [0.25, 0.3) is 0 Å². The summed E-state index contributed by atoms with van der Waals surface area (Å²) < 4.78 is 7.16. The van der Waals surface area contributed by atoms with E-state index in [1.165, 1.54) is 4.68 Å². The highest BCUT2D eigenvalue weighted by atomic mass is 16.5. The Bertz CT molecular complexity index is 861. The Hall–Kier alpha value is -3.29. The first kappa shape index (κ1) is 15.6. The average molecular weight is 324 g/mol. The maximum absolute atomic E-state index is 12.3. The van der Waals surface area contributed by atoms with E-state index in [-0.39, 0.29) is 12.5 Å². The van der Waals surface area contributed by atoms with Gasteiger partial charge in [-0.25, -0.2) is 9.67 Å². The van der Waals surface area contributed by atoms with Crippen molar-refractivity contribution in [3.8, 4) is 5.75 Å². The number of nitrogens with one attached hydrogen (secondary N) is 1. The zero-order chi connectivity index (χ0) is 16.9. The molecule has 0 saturated carbocycles. The topological polar surface area (TPSA) is 94.8 Å². The molecule has 0 atom stereocenters. The van der Waals surface area contributed by atoms with Crippen LogP contribution in [0.3, 0.4) is 0 Å². The molecule has 1 N–H and O–H groups in total. The monoisotopic (exact) mass is 324 g/mol. The summed E-state index contributed by atoms with van der Waals surface area (Å²) in [7, 11) is 1.73. The van der Waals surface area contributed by atoms with Crippen LogP contribution in [-0.4, -0.2) is 31.1 Å². The predicted octanol–water partition coefficient (Wildman–Crippen LogP) is 1.74. The van der Waals surface area contributed by atoms with Gasteiger partial charge in [-0.15, -0.1) is 5.10 Å². The van der Waals surface area contributed by atoms with Gasteiger partial charge >= 0.3 is 0 Å². The molecule has 0 bridgehead atoms. The maximum atomic E-state index is 12.3. The molecule has 2 aromatic heterocycles. The number of ether oxygens (including phenoxy) is 1. The number of aromatic nitrogens is 5. The zero-order valence-corrected chi connectivity index (χ0v) is 13.3. The summed E-state index contributed by atoms with van der Waals surface area (Å²) in [4.78, 5) is 16.6. The van der Waals surface area contributed by atoms with Gasteiger partial charge in [-0.2, -0.15) is 0 Å². The van der Waals surface area contributed by atoms with Crippen molar-refractivity contribution in [1.29, 1.82) is 0 Å². The molecule has 3 aromatic rings. The molecule has 122 valence electrons. The highest BCUT2D eigenvalue weighted by molar-refractivity contribution is 6.03. The normalized spacial score (nSPS) is 10.4. The minimum atomic E-state index is -0.251. The van der Waals surface area contributed by atoms with Gasteiger partial charge in [0.15, 0.2) is 5.82 Å². The number of benzene rings is 1. The number of carbonyl (C=O) groups excluding carboxylic acids is 1. The Morgan fingerprint density at radius 1 is 1.25 bits per heavy atom. The second-order valence-corrected chi connectivity index (χ2v) is 5.15. The van der Waals surface area contributed by atoms with Crippen molar-refractivity contribution >= 4 is 11.7 Å². The average Bonchev–Trinajstić information content (AvgIpc) is 2.98. The number of pyridine rings is 1. The first-order valence-electron chi connectivity index (χ1n) is 7.31. The number of hydrogen-bond donors (Lipinski definition) is 1. The van der Waals surface area contributed by atoms with Crippen LogP contribution in [0.15, 0.2) is 42.5 Å². The van der Waals surface area contributed by atoms with Crippen LogP contribution in [0.2, 0.25) is 0 Å². The number of tetrazole rings is 1. The lowest BCUT2D eigenvalue weighted by atomic mass is 10.2. The molecule has 0 radical (unpaired) electrons. The molecule has 1 amide bonds. The molecule has 0 unspecified atom stereocenters. The fourth-order valence-corrected chi connectivity index (χ4v) is 2.05. The third kappa shape index (κ3) is 3.72. The van der Waals surface area contributed by atoms with Gasteiger partial charge in [0.05, 0.1) is 0 Å². The van der Waals surface area contributed by atoms with Gasteiger partial charge in [0.2, 0.25) is 0 Å². The van der Waals surface area contributed by atoms with E-state index in [9.17, 15) is 4.79 Å². The fourth-order valence-electron chi connectivity index (χ4n) is 2.05. The molecule has 2 heterocycles. The molecule has 0 spiro atoms. The van der Waals surface area contributed by atoms with Crippen molar-refractivity contribution in [3.63, 3.8) is 0 Å². The molecule has 8 heteroatoms. The molecule has 0 saturated heterocycles. The van der Waals surface area contributed by atoms with Crippen LogP contribution in [-0.2, 0) is 13.7 Å². The van der Waals surface area contributed by atoms with Crippen LogP contribution >= 0.6 is 0 Å². The van der Waals surface area contributed by atoms with Crippen LogP contribution in [0.1, 0.15) is 21.9 Å². The maximum Gasteiger partial charge on any atom is 0.256 e. The van der Waals surface area contributed by atoms with Crippen molar-refractivity contribution in [2.45, 2.75) is 13.5 Å². The Labute approximate surface area is 138 Å². The van der Waals surface area contributed by atoms with E-state index in [0.29, 0.717) is 23.0 Å². The van der Waals surface area contributed by atoms with Crippen molar-refractivity contribution in [2.24, 2.45) is 7.05 Å². The van der Waals surface area contributed by atoms with Gasteiger partial charge in [-0.1, -0.05) is 12.1 Å². The Morgan fingerprint density at radius 3 is 2.83 bits per heavy atom. The zero-order valence-electron chi connectivity index (χ0n) is 13.3.